The highest BCUT2D eigenvalue weighted by molar-refractivity contribution is 9.10. The summed E-state index contributed by atoms with van der Waals surface area (Å²) in [6.45, 7) is 0.299. The van der Waals surface area contributed by atoms with E-state index in [-0.39, 0.29) is 0 Å². The second-order valence-corrected chi connectivity index (χ2v) is 6.75. The molecule has 6 nitrogen and oxygen atoms in total. The van der Waals surface area contributed by atoms with Gasteiger partial charge in [0, 0.05) is 4.47 Å². The number of rotatable bonds is 5. The number of fused-ring (bicyclic) bond motifs is 1. The number of aromatic nitrogens is 4. The van der Waals surface area contributed by atoms with Crippen LogP contribution < -0.4 is 4.74 Å². The van der Waals surface area contributed by atoms with Crippen molar-refractivity contribution in [3.05, 3.63) is 63.7 Å². The van der Waals surface area contributed by atoms with Gasteiger partial charge in [-0.15, -0.1) is 10.2 Å². The Morgan fingerprint density at radius 1 is 1.17 bits per heavy atom. The van der Waals surface area contributed by atoms with E-state index in [4.69, 9.17) is 9.15 Å². The fourth-order valence-electron chi connectivity index (χ4n) is 2.05. The lowest BCUT2D eigenvalue weighted by atomic mass is 10.3. The van der Waals surface area contributed by atoms with E-state index < -0.39 is 0 Å². The lowest BCUT2D eigenvalue weighted by molar-refractivity contribution is 0.292. The predicted octanol–water partition coefficient (Wildman–Crippen LogP) is 4.29. The lowest BCUT2D eigenvalue weighted by Crippen LogP contribution is -2.02. The third-order valence-corrected chi connectivity index (χ3v) is 4.58. The maximum atomic E-state index is 5.73. The number of ether oxygens (including phenoxy) is 1. The van der Waals surface area contributed by atoms with Gasteiger partial charge in [0.15, 0.2) is 5.82 Å². The Morgan fingerprint density at radius 2 is 2.04 bits per heavy atom. The molecule has 3 aromatic heterocycles. The molecule has 8 heteroatoms. The third-order valence-electron chi connectivity index (χ3n) is 3.19. The summed E-state index contributed by atoms with van der Waals surface area (Å²) in [5.41, 5.74) is 0. The van der Waals surface area contributed by atoms with Crippen LogP contribution in [0.2, 0.25) is 0 Å². The first-order valence-electron chi connectivity index (χ1n) is 7.09. The van der Waals surface area contributed by atoms with E-state index in [1.165, 1.54) is 11.3 Å². The predicted molar refractivity (Wildman–Crippen MR) is 94.8 cm³/mol. The van der Waals surface area contributed by atoms with E-state index in [1.54, 1.807) is 10.8 Å². The minimum atomic E-state index is 0.299. The molecule has 0 spiro atoms. The van der Waals surface area contributed by atoms with Crippen LogP contribution in [0.25, 0.3) is 17.1 Å². The van der Waals surface area contributed by atoms with Crippen LogP contribution in [0.3, 0.4) is 0 Å². The molecule has 4 rings (SSSR count). The van der Waals surface area contributed by atoms with E-state index >= 15 is 0 Å². The molecule has 24 heavy (non-hydrogen) atoms. The second kappa shape index (κ2) is 6.58. The molecule has 0 atom stereocenters. The Hall–Kier alpha value is -2.45. The van der Waals surface area contributed by atoms with E-state index in [0.29, 0.717) is 12.4 Å². The highest BCUT2D eigenvalue weighted by atomic mass is 79.9. The Bertz CT molecular complexity index is 974. The van der Waals surface area contributed by atoms with Crippen molar-refractivity contribution >= 4 is 44.4 Å². The van der Waals surface area contributed by atoms with Crippen LogP contribution in [0.1, 0.15) is 16.6 Å². The molecule has 0 radical (unpaired) electrons. The average molecular weight is 403 g/mol. The first-order valence-corrected chi connectivity index (χ1v) is 8.70. The van der Waals surface area contributed by atoms with Crippen LogP contribution >= 0.6 is 27.3 Å². The van der Waals surface area contributed by atoms with E-state index in [9.17, 15) is 0 Å². The zero-order valence-electron chi connectivity index (χ0n) is 12.3. The van der Waals surface area contributed by atoms with Gasteiger partial charge in [-0.05, 0) is 48.6 Å². The first kappa shape index (κ1) is 15.1. The van der Waals surface area contributed by atoms with Gasteiger partial charge in [-0.1, -0.05) is 27.3 Å². The van der Waals surface area contributed by atoms with Gasteiger partial charge in [-0.3, -0.25) is 0 Å². The molecule has 0 aliphatic rings. The van der Waals surface area contributed by atoms with Crippen LogP contribution in [0.5, 0.6) is 5.75 Å². The van der Waals surface area contributed by atoms with Crippen molar-refractivity contribution in [2.45, 2.75) is 6.61 Å². The minimum absolute atomic E-state index is 0.299. The number of hydrogen-bond acceptors (Lipinski definition) is 6. The van der Waals surface area contributed by atoms with Crippen LogP contribution in [-0.4, -0.2) is 19.8 Å². The van der Waals surface area contributed by atoms with Crippen molar-refractivity contribution < 1.29 is 9.15 Å². The largest absolute Gasteiger partial charge is 0.486 e. The Kier molecular flexibility index (Phi) is 4.14. The molecule has 0 saturated heterocycles. The zero-order chi connectivity index (χ0) is 16.4. The number of nitrogens with zero attached hydrogens (tertiary/aromatic N) is 4. The molecular weight excluding hydrogens is 392 g/mol. The van der Waals surface area contributed by atoms with E-state index in [1.807, 2.05) is 48.6 Å². The van der Waals surface area contributed by atoms with Crippen molar-refractivity contribution in [2.24, 2.45) is 0 Å². The van der Waals surface area contributed by atoms with Gasteiger partial charge in [0.2, 0.25) is 4.96 Å². The molecule has 120 valence electrons. The van der Waals surface area contributed by atoms with Crippen LogP contribution in [0.4, 0.5) is 0 Å². The molecule has 1 aromatic carbocycles. The van der Waals surface area contributed by atoms with Crippen molar-refractivity contribution in [1.82, 2.24) is 19.8 Å². The molecular formula is C16H11BrN4O2S. The summed E-state index contributed by atoms with van der Waals surface area (Å²) in [6, 6.07) is 11.4. The normalized spacial score (nSPS) is 11.5. The average Bonchev–Trinajstić information content (AvgIpc) is 3.30. The van der Waals surface area contributed by atoms with Gasteiger partial charge in [0.05, 0.1) is 6.26 Å². The summed E-state index contributed by atoms with van der Waals surface area (Å²) < 4.78 is 13.7. The quantitative estimate of drug-likeness (QED) is 0.498. The Balaban J connectivity index is 1.50. The monoisotopic (exact) mass is 402 g/mol. The standard InChI is InChI=1S/C16H11BrN4O2S/c17-11-3-5-13(6-4-11)23-10-14-18-19-16-21(14)20-15(24-16)8-7-12-2-1-9-22-12/h1-9H,10H2. The molecule has 3 heterocycles. The fraction of sp³-hybridized carbons (Fsp3) is 0.0625. The molecule has 0 fully saturated rings. The summed E-state index contributed by atoms with van der Waals surface area (Å²) in [6.07, 6.45) is 5.39. The van der Waals surface area contributed by atoms with Crippen molar-refractivity contribution in [2.75, 3.05) is 0 Å². The molecule has 0 bridgehead atoms. The number of furan rings is 1. The SMILES string of the molecule is Brc1ccc(OCc2nnc3sc(C=Cc4ccco4)nn23)cc1. The second-order valence-electron chi connectivity index (χ2n) is 4.84. The smallest absolute Gasteiger partial charge is 0.235 e. The van der Waals surface area contributed by atoms with Crippen molar-refractivity contribution in [3.63, 3.8) is 0 Å². The molecule has 0 aliphatic heterocycles. The zero-order valence-corrected chi connectivity index (χ0v) is 14.7. The summed E-state index contributed by atoms with van der Waals surface area (Å²) in [5, 5.41) is 13.6. The molecule has 0 unspecified atom stereocenters. The number of halogens is 1. The molecule has 0 N–H and O–H groups in total. The Labute approximate surface area is 149 Å². The van der Waals surface area contributed by atoms with Gasteiger partial charge in [-0.2, -0.15) is 9.61 Å². The number of hydrogen-bond donors (Lipinski definition) is 0. The van der Waals surface area contributed by atoms with Crippen molar-refractivity contribution in [3.8, 4) is 5.75 Å². The molecule has 0 amide bonds. The van der Waals surface area contributed by atoms with E-state index in [0.717, 1.165) is 26.0 Å². The molecule has 4 aromatic rings. The molecule has 0 saturated carbocycles. The first-order chi connectivity index (χ1) is 11.8. The Morgan fingerprint density at radius 3 is 2.83 bits per heavy atom. The van der Waals surface area contributed by atoms with Gasteiger partial charge in [0.25, 0.3) is 0 Å². The van der Waals surface area contributed by atoms with E-state index in [2.05, 4.69) is 31.2 Å². The lowest BCUT2D eigenvalue weighted by Gasteiger charge is -2.03. The van der Waals surface area contributed by atoms with Crippen LogP contribution in [0, 0.1) is 0 Å². The topological polar surface area (TPSA) is 65.5 Å². The minimum Gasteiger partial charge on any atom is -0.486 e. The van der Waals surface area contributed by atoms with Gasteiger partial charge in [-0.25, -0.2) is 0 Å². The summed E-state index contributed by atoms with van der Waals surface area (Å²) in [4.78, 5) is 0.725. The highest BCUT2D eigenvalue weighted by Crippen LogP contribution is 2.19. The highest BCUT2D eigenvalue weighted by Gasteiger charge is 2.11. The molecule has 0 aliphatic carbocycles. The maximum Gasteiger partial charge on any atom is 0.235 e. The van der Waals surface area contributed by atoms with Crippen molar-refractivity contribution in [1.29, 1.82) is 0 Å². The van der Waals surface area contributed by atoms with Gasteiger partial charge < -0.3 is 9.15 Å². The fourth-order valence-corrected chi connectivity index (χ4v) is 3.07. The van der Waals surface area contributed by atoms with Crippen LogP contribution in [0.15, 0.2) is 51.6 Å². The number of benzene rings is 1. The summed E-state index contributed by atoms with van der Waals surface area (Å²) in [7, 11) is 0. The van der Waals surface area contributed by atoms with Gasteiger partial charge >= 0.3 is 0 Å². The maximum absolute atomic E-state index is 5.73. The van der Waals surface area contributed by atoms with Crippen LogP contribution in [-0.2, 0) is 6.61 Å². The van der Waals surface area contributed by atoms with Gasteiger partial charge in [0.1, 0.15) is 23.1 Å². The summed E-state index contributed by atoms with van der Waals surface area (Å²) in [5.74, 6) is 2.20. The summed E-state index contributed by atoms with van der Waals surface area (Å²) >= 11 is 4.85. The third kappa shape index (κ3) is 3.24.